The summed E-state index contributed by atoms with van der Waals surface area (Å²) in [6, 6.07) is 1.91. The van der Waals surface area contributed by atoms with Gasteiger partial charge in [0.2, 0.25) is 0 Å². The first-order chi connectivity index (χ1) is 4.74. The smallest absolute Gasteiger partial charge is 0.171 e. The molecule has 0 amide bonds. The molecule has 1 unspecified atom stereocenters. The quantitative estimate of drug-likeness (QED) is 0.610. The summed E-state index contributed by atoms with van der Waals surface area (Å²) in [5.74, 6) is 0. The molecule has 0 aliphatic carbocycles. The van der Waals surface area contributed by atoms with Crippen molar-refractivity contribution in [2.24, 2.45) is 0 Å². The van der Waals surface area contributed by atoms with Gasteiger partial charge in [-0.1, -0.05) is 11.6 Å². The van der Waals surface area contributed by atoms with Gasteiger partial charge in [-0.3, -0.25) is 0 Å². The van der Waals surface area contributed by atoms with E-state index in [2.05, 4.69) is 4.98 Å². The number of hydrogen-bond donors (Lipinski definition) is 0. The average Bonchev–Trinajstić information content (AvgIpc) is 2.34. The molecule has 0 saturated heterocycles. The second-order valence-corrected chi connectivity index (χ2v) is 3.14. The monoisotopic (exact) mass is 172 g/mol. The van der Waals surface area contributed by atoms with Gasteiger partial charge in [-0.25, -0.2) is 4.98 Å². The lowest BCUT2D eigenvalue weighted by Gasteiger charge is -1.89. The Morgan fingerprint density at radius 2 is 2.60 bits per heavy atom. The Labute approximate surface area is 68.1 Å². The van der Waals surface area contributed by atoms with E-state index >= 15 is 0 Å². The van der Waals surface area contributed by atoms with Crippen molar-refractivity contribution in [3.8, 4) is 6.07 Å². The summed E-state index contributed by atoms with van der Waals surface area (Å²) in [6.07, 6.45) is 0. The molecule has 0 spiro atoms. The first-order valence-corrected chi connectivity index (χ1v) is 4.01. The maximum Gasteiger partial charge on any atom is 0.171 e. The molecule has 1 rings (SSSR count). The molecule has 0 aromatic carbocycles. The van der Waals surface area contributed by atoms with Gasteiger partial charge < -0.3 is 0 Å². The number of nitriles is 1. The number of aryl methyl sites for hydroxylation is 1. The van der Waals surface area contributed by atoms with Crippen molar-refractivity contribution in [1.29, 1.82) is 5.26 Å². The van der Waals surface area contributed by atoms with E-state index in [1.807, 2.05) is 18.4 Å². The van der Waals surface area contributed by atoms with Crippen LogP contribution in [0.2, 0.25) is 0 Å². The standard InChI is InChI=1S/C6H5ClN2S/c1-4-3-10-6(9-4)5(7)2-8/h3,5H,1H3. The first kappa shape index (κ1) is 7.52. The van der Waals surface area contributed by atoms with Crippen molar-refractivity contribution in [2.45, 2.75) is 12.3 Å². The molecular weight excluding hydrogens is 168 g/mol. The van der Waals surface area contributed by atoms with Crippen molar-refractivity contribution in [2.75, 3.05) is 0 Å². The van der Waals surface area contributed by atoms with Crippen LogP contribution in [0.15, 0.2) is 5.38 Å². The van der Waals surface area contributed by atoms with Crippen molar-refractivity contribution in [3.05, 3.63) is 16.1 Å². The van der Waals surface area contributed by atoms with E-state index < -0.39 is 5.38 Å². The normalized spacial score (nSPS) is 12.5. The van der Waals surface area contributed by atoms with Crippen LogP contribution in [-0.2, 0) is 0 Å². The summed E-state index contributed by atoms with van der Waals surface area (Å²) in [5, 5.41) is 10.4. The molecule has 0 N–H and O–H groups in total. The molecule has 0 aliphatic heterocycles. The third kappa shape index (κ3) is 1.47. The lowest BCUT2D eigenvalue weighted by molar-refractivity contribution is 1.11. The topological polar surface area (TPSA) is 36.7 Å². The van der Waals surface area contributed by atoms with Gasteiger partial charge >= 0.3 is 0 Å². The molecule has 1 atom stereocenters. The number of thiazole rings is 1. The van der Waals surface area contributed by atoms with E-state index in [0.29, 0.717) is 5.01 Å². The fourth-order valence-electron chi connectivity index (χ4n) is 0.544. The first-order valence-electron chi connectivity index (χ1n) is 2.69. The van der Waals surface area contributed by atoms with Crippen molar-refractivity contribution in [1.82, 2.24) is 4.98 Å². The van der Waals surface area contributed by atoms with E-state index in [1.165, 1.54) is 11.3 Å². The van der Waals surface area contributed by atoms with E-state index in [9.17, 15) is 0 Å². The summed E-state index contributed by atoms with van der Waals surface area (Å²) >= 11 is 7.01. The van der Waals surface area contributed by atoms with Gasteiger partial charge in [0.05, 0.1) is 6.07 Å². The van der Waals surface area contributed by atoms with Crippen molar-refractivity contribution < 1.29 is 0 Å². The molecule has 10 heavy (non-hydrogen) atoms. The molecular formula is C6H5ClN2S. The van der Waals surface area contributed by atoms with Gasteiger partial charge in [-0.05, 0) is 6.92 Å². The highest BCUT2D eigenvalue weighted by Crippen LogP contribution is 2.22. The predicted octanol–water partition coefficient (Wildman–Crippen LogP) is 2.26. The van der Waals surface area contributed by atoms with Gasteiger partial charge in [0.25, 0.3) is 0 Å². The van der Waals surface area contributed by atoms with E-state index in [0.717, 1.165) is 5.69 Å². The number of halogens is 1. The van der Waals surface area contributed by atoms with Crippen LogP contribution in [0.4, 0.5) is 0 Å². The molecule has 1 aromatic rings. The van der Waals surface area contributed by atoms with Gasteiger partial charge in [0.1, 0.15) is 5.01 Å². The number of rotatable bonds is 1. The summed E-state index contributed by atoms with van der Waals surface area (Å²) < 4.78 is 0. The summed E-state index contributed by atoms with van der Waals surface area (Å²) in [4.78, 5) is 4.05. The average molecular weight is 173 g/mol. The van der Waals surface area contributed by atoms with Crippen LogP contribution in [0.25, 0.3) is 0 Å². The third-order valence-electron chi connectivity index (χ3n) is 0.967. The number of aromatic nitrogens is 1. The maximum atomic E-state index is 8.38. The minimum absolute atomic E-state index is 0.585. The molecule has 1 heterocycles. The molecule has 0 fully saturated rings. The highest BCUT2D eigenvalue weighted by Gasteiger charge is 2.08. The van der Waals surface area contributed by atoms with Crippen LogP contribution in [-0.4, -0.2) is 4.98 Å². The van der Waals surface area contributed by atoms with E-state index in [4.69, 9.17) is 16.9 Å². The van der Waals surface area contributed by atoms with Crippen molar-refractivity contribution >= 4 is 22.9 Å². The highest BCUT2D eigenvalue weighted by atomic mass is 35.5. The zero-order valence-electron chi connectivity index (χ0n) is 5.34. The molecule has 2 nitrogen and oxygen atoms in total. The zero-order chi connectivity index (χ0) is 7.56. The Balaban J connectivity index is 2.87. The van der Waals surface area contributed by atoms with E-state index in [-0.39, 0.29) is 0 Å². The van der Waals surface area contributed by atoms with Gasteiger partial charge in [0, 0.05) is 11.1 Å². The SMILES string of the molecule is Cc1csc(C(Cl)C#N)n1. The molecule has 0 radical (unpaired) electrons. The third-order valence-corrected chi connectivity index (χ3v) is 2.43. The molecule has 1 aromatic heterocycles. The van der Waals surface area contributed by atoms with Crippen LogP contribution in [0.3, 0.4) is 0 Å². The highest BCUT2D eigenvalue weighted by molar-refractivity contribution is 7.10. The minimum atomic E-state index is -0.585. The Bertz CT molecular complexity index is 263. The van der Waals surface area contributed by atoms with Gasteiger partial charge in [-0.2, -0.15) is 5.26 Å². The van der Waals surface area contributed by atoms with Crippen LogP contribution in [0, 0.1) is 18.3 Å². The van der Waals surface area contributed by atoms with E-state index in [1.54, 1.807) is 0 Å². The lowest BCUT2D eigenvalue weighted by Crippen LogP contribution is -1.83. The number of hydrogen-bond acceptors (Lipinski definition) is 3. The van der Waals surface area contributed by atoms with Crippen LogP contribution in [0.1, 0.15) is 16.1 Å². The summed E-state index contributed by atoms with van der Waals surface area (Å²) in [6.45, 7) is 1.88. The predicted molar refractivity (Wildman–Crippen MR) is 41.1 cm³/mol. The second kappa shape index (κ2) is 3.00. The molecule has 0 bridgehead atoms. The Hall–Kier alpha value is -0.590. The maximum absolute atomic E-state index is 8.38. The number of nitrogens with zero attached hydrogens (tertiary/aromatic N) is 2. The molecule has 0 saturated carbocycles. The Morgan fingerprint density at radius 1 is 1.90 bits per heavy atom. The molecule has 4 heteroatoms. The molecule has 0 aliphatic rings. The Kier molecular flexibility index (Phi) is 2.25. The van der Waals surface area contributed by atoms with Crippen LogP contribution in [0.5, 0.6) is 0 Å². The fraction of sp³-hybridized carbons (Fsp3) is 0.333. The van der Waals surface area contributed by atoms with Crippen molar-refractivity contribution in [3.63, 3.8) is 0 Å². The zero-order valence-corrected chi connectivity index (χ0v) is 6.91. The summed E-state index contributed by atoms with van der Waals surface area (Å²) in [7, 11) is 0. The summed E-state index contributed by atoms with van der Waals surface area (Å²) in [5.41, 5.74) is 0.918. The number of alkyl halides is 1. The second-order valence-electron chi connectivity index (χ2n) is 1.82. The largest absolute Gasteiger partial charge is 0.244 e. The fourth-order valence-corrected chi connectivity index (χ4v) is 1.46. The van der Waals surface area contributed by atoms with Gasteiger partial charge in [0.15, 0.2) is 5.38 Å². The Morgan fingerprint density at radius 3 is 3.00 bits per heavy atom. The lowest BCUT2D eigenvalue weighted by atomic mass is 10.5. The van der Waals surface area contributed by atoms with Crippen LogP contribution < -0.4 is 0 Å². The minimum Gasteiger partial charge on any atom is -0.244 e. The van der Waals surface area contributed by atoms with Gasteiger partial charge in [-0.15, -0.1) is 11.3 Å². The van der Waals surface area contributed by atoms with Crippen LogP contribution >= 0.6 is 22.9 Å². The molecule has 52 valence electrons.